The van der Waals surface area contributed by atoms with Crippen molar-refractivity contribution >= 4 is 11.8 Å². The van der Waals surface area contributed by atoms with Gasteiger partial charge in [-0.25, -0.2) is 0 Å². The van der Waals surface area contributed by atoms with Gasteiger partial charge < -0.3 is 16.0 Å². The Labute approximate surface area is 150 Å². The lowest BCUT2D eigenvalue weighted by Crippen LogP contribution is -2.59. The van der Waals surface area contributed by atoms with E-state index in [4.69, 9.17) is 0 Å². The molecule has 0 bridgehead atoms. The first-order valence-electron chi connectivity index (χ1n) is 9.50. The van der Waals surface area contributed by atoms with Crippen LogP contribution in [0.25, 0.3) is 0 Å². The molecule has 25 heavy (non-hydrogen) atoms. The maximum absolute atomic E-state index is 12.9. The van der Waals surface area contributed by atoms with Gasteiger partial charge in [0.25, 0.3) is 5.91 Å². The van der Waals surface area contributed by atoms with Gasteiger partial charge in [-0.3, -0.25) is 9.59 Å². The number of carbonyl (C=O) groups excluding carboxylic acids is 2. The first-order chi connectivity index (χ1) is 12.1. The van der Waals surface area contributed by atoms with Crippen molar-refractivity contribution < 1.29 is 9.59 Å². The van der Waals surface area contributed by atoms with E-state index in [0.29, 0.717) is 24.3 Å². The Morgan fingerprint density at radius 3 is 2.64 bits per heavy atom. The maximum Gasteiger partial charge on any atom is 0.252 e. The monoisotopic (exact) mass is 343 g/mol. The molecule has 1 aliphatic heterocycles. The molecule has 1 heterocycles. The number of piperidine rings is 1. The highest BCUT2D eigenvalue weighted by Crippen LogP contribution is 2.29. The van der Waals surface area contributed by atoms with Crippen LogP contribution in [0.4, 0.5) is 0 Å². The Balaban J connectivity index is 1.76. The quantitative estimate of drug-likeness (QED) is 0.786. The highest BCUT2D eigenvalue weighted by Gasteiger charge is 2.40. The fourth-order valence-corrected chi connectivity index (χ4v) is 4.16. The summed E-state index contributed by atoms with van der Waals surface area (Å²) >= 11 is 0. The van der Waals surface area contributed by atoms with E-state index in [1.807, 2.05) is 18.2 Å². The standard InChI is InChI=1S/C20H29N3O2/c1-21-19(25)20(10-3-2-4-11-20)23-18(24)16-8-5-7-15(13-16)17-9-6-12-22-14-17/h5,7-8,13,17,22H,2-4,6,9-12,14H2,1H3,(H,21,25)(H,23,24). The van der Waals surface area contributed by atoms with Gasteiger partial charge in [-0.05, 0) is 55.8 Å². The molecule has 1 aromatic carbocycles. The molecule has 1 aliphatic carbocycles. The SMILES string of the molecule is CNC(=O)C1(NC(=O)c2cccc(C3CCCNC3)c2)CCCCC1. The molecule has 0 spiro atoms. The zero-order valence-electron chi connectivity index (χ0n) is 15.1. The molecule has 1 unspecified atom stereocenters. The van der Waals surface area contributed by atoms with Crippen molar-refractivity contribution in [2.75, 3.05) is 20.1 Å². The van der Waals surface area contributed by atoms with Crippen LogP contribution in [0.5, 0.6) is 0 Å². The summed E-state index contributed by atoms with van der Waals surface area (Å²) < 4.78 is 0. The lowest BCUT2D eigenvalue weighted by molar-refractivity contribution is -0.128. The molecule has 5 nitrogen and oxygen atoms in total. The van der Waals surface area contributed by atoms with Crippen LogP contribution in [-0.4, -0.2) is 37.5 Å². The normalized spacial score (nSPS) is 22.8. The number of nitrogens with one attached hydrogen (secondary N) is 3. The van der Waals surface area contributed by atoms with Crippen molar-refractivity contribution in [3.8, 4) is 0 Å². The van der Waals surface area contributed by atoms with Crippen molar-refractivity contribution in [3.63, 3.8) is 0 Å². The first-order valence-corrected chi connectivity index (χ1v) is 9.50. The number of likely N-dealkylation sites (N-methyl/N-ethyl adjacent to an activating group) is 1. The van der Waals surface area contributed by atoms with Gasteiger partial charge in [0.2, 0.25) is 5.91 Å². The molecule has 1 saturated carbocycles. The van der Waals surface area contributed by atoms with Gasteiger partial charge in [0, 0.05) is 19.2 Å². The maximum atomic E-state index is 12.9. The van der Waals surface area contributed by atoms with E-state index < -0.39 is 5.54 Å². The van der Waals surface area contributed by atoms with Gasteiger partial charge >= 0.3 is 0 Å². The van der Waals surface area contributed by atoms with Crippen molar-refractivity contribution in [1.82, 2.24) is 16.0 Å². The van der Waals surface area contributed by atoms with Gasteiger partial charge in [0.15, 0.2) is 0 Å². The van der Waals surface area contributed by atoms with Crippen LogP contribution in [0, 0.1) is 0 Å². The Hall–Kier alpha value is -1.88. The minimum atomic E-state index is -0.757. The number of benzene rings is 1. The Bertz CT molecular complexity index is 617. The van der Waals surface area contributed by atoms with Crippen molar-refractivity contribution in [3.05, 3.63) is 35.4 Å². The minimum Gasteiger partial charge on any atom is -0.357 e. The number of rotatable bonds is 4. The van der Waals surface area contributed by atoms with Gasteiger partial charge in [0.05, 0.1) is 0 Å². The van der Waals surface area contributed by atoms with Gasteiger partial charge in [0.1, 0.15) is 5.54 Å². The van der Waals surface area contributed by atoms with Crippen molar-refractivity contribution in [1.29, 1.82) is 0 Å². The lowest BCUT2D eigenvalue weighted by Gasteiger charge is -2.36. The summed E-state index contributed by atoms with van der Waals surface area (Å²) in [4.78, 5) is 25.3. The number of hydrogen-bond donors (Lipinski definition) is 3. The fraction of sp³-hybridized carbons (Fsp3) is 0.600. The summed E-state index contributed by atoms with van der Waals surface area (Å²) in [6.45, 7) is 2.04. The van der Waals surface area contributed by atoms with Crippen LogP contribution >= 0.6 is 0 Å². The van der Waals surface area contributed by atoms with Crippen molar-refractivity contribution in [2.45, 2.75) is 56.4 Å². The average molecular weight is 343 g/mol. The Morgan fingerprint density at radius 2 is 1.96 bits per heavy atom. The third-order valence-corrected chi connectivity index (χ3v) is 5.64. The number of hydrogen-bond acceptors (Lipinski definition) is 3. The number of amides is 2. The molecule has 1 saturated heterocycles. The summed E-state index contributed by atoms with van der Waals surface area (Å²) in [5.74, 6) is 0.244. The van der Waals surface area contributed by atoms with Gasteiger partial charge in [-0.2, -0.15) is 0 Å². The van der Waals surface area contributed by atoms with E-state index in [0.717, 1.165) is 38.8 Å². The third kappa shape index (κ3) is 4.03. The molecule has 136 valence electrons. The molecule has 3 rings (SSSR count). The van der Waals surface area contributed by atoms with E-state index in [1.165, 1.54) is 12.0 Å². The molecule has 0 aromatic heterocycles. The van der Waals surface area contributed by atoms with Gasteiger partial charge in [-0.1, -0.05) is 31.4 Å². The zero-order valence-corrected chi connectivity index (χ0v) is 15.1. The summed E-state index contributed by atoms with van der Waals surface area (Å²) in [6, 6.07) is 7.89. The highest BCUT2D eigenvalue weighted by atomic mass is 16.2. The van der Waals surface area contributed by atoms with E-state index >= 15 is 0 Å². The van der Waals surface area contributed by atoms with Gasteiger partial charge in [-0.15, -0.1) is 0 Å². The van der Waals surface area contributed by atoms with Crippen LogP contribution < -0.4 is 16.0 Å². The van der Waals surface area contributed by atoms with Crippen LogP contribution in [-0.2, 0) is 4.79 Å². The minimum absolute atomic E-state index is 0.0758. The summed E-state index contributed by atoms with van der Waals surface area (Å²) in [7, 11) is 1.64. The zero-order chi connectivity index (χ0) is 17.7. The molecular weight excluding hydrogens is 314 g/mol. The second-order valence-corrected chi connectivity index (χ2v) is 7.34. The second-order valence-electron chi connectivity index (χ2n) is 7.34. The molecule has 1 aromatic rings. The van der Waals surface area contributed by atoms with E-state index in [2.05, 4.69) is 22.0 Å². The molecule has 2 amide bonds. The third-order valence-electron chi connectivity index (χ3n) is 5.64. The second kappa shape index (κ2) is 8.00. The average Bonchev–Trinajstić information content (AvgIpc) is 2.68. The van der Waals surface area contributed by atoms with Crippen LogP contribution in [0.3, 0.4) is 0 Å². The van der Waals surface area contributed by atoms with E-state index in [-0.39, 0.29) is 11.8 Å². The molecular formula is C20H29N3O2. The first kappa shape index (κ1) is 17.9. The van der Waals surface area contributed by atoms with Crippen LogP contribution in [0.1, 0.15) is 66.8 Å². The largest absolute Gasteiger partial charge is 0.357 e. The highest BCUT2D eigenvalue weighted by molar-refractivity contribution is 5.99. The molecule has 3 N–H and O–H groups in total. The topological polar surface area (TPSA) is 70.2 Å². The smallest absolute Gasteiger partial charge is 0.252 e. The lowest BCUT2D eigenvalue weighted by atomic mass is 9.80. The van der Waals surface area contributed by atoms with Crippen molar-refractivity contribution in [2.24, 2.45) is 0 Å². The van der Waals surface area contributed by atoms with Crippen LogP contribution in [0.15, 0.2) is 24.3 Å². The predicted molar refractivity (Wildman–Crippen MR) is 98.6 cm³/mol. The Kier molecular flexibility index (Phi) is 5.74. The molecule has 1 atom stereocenters. The predicted octanol–water partition coefficient (Wildman–Crippen LogP) is 2.33. The van der Waals surface area contributed by atoms with Crippen LogP contribution in [0.2, 0.25) is 0 Å². The molecule has 2 fully saturated rings. The molecule has 2 aliphatic rings. The summed E-state index contributed by atoms with van der Waals surface area (Å²) in [6.07, 6.45) is 6.82. The summed E-state index contributed by atoms with van der Waals surface area (Å²) in [5.41, 5.74) is 1.10. The van der Waals surface area contributed by atoms with E-state index in [9.17, 15) is 9.59 Å². The Morgan fingerprint density at radius 1 is 1.16 bits per heavy atom. The molecule has 5 heteroatoms. The molecule has 0 radical (unpaired) electrons. The fourth-order valence-electron chi connectivity index (χ4n) is 4.16. The number of carbonyl (C=O) groups is 2. The van der Waals surface area contributed by atoms with E-state index in [1.54, 1.807) is 7.05 Å². The summed E-state index contributed by atoms with van der Waals surface area (Å²) in [5, 5.41) is 9.22.